The van der Waals surface area contributed by atoms with Crippen LogP contribution in [-0.2, 0) is 4.79 Å². The third kappa shape index (κ3) is 2.25. The van der Waals surface area contributed by atoms with Gasteiger partial charge in [-0.1, -0.05) is 25.5 Å². The minimum absolute atomic E-state index is 0. The van der Waals surface area contributed by atoms with Gasteiger partial charge in [0.05, 0.1) is 5.92 Å². The summed E-state index contributed by atoms with van der Waals surface area (Å²) in [4.78, 5) is 10.7. The lowest BCUT2D eigenvalue weighted by molar-refractivity contribution is -0.139. The molecule has 0 spiro atoms. The quantitative estimate of drug-likeness (QED) is 0.703. The summed E-state index contributed by atoms with van der Waals surface area (Å²) in [6.45, 7) is 8.03. The highest BCUT2D eigenvalue weighted by Gasteiger charge is 2.60. The molecular weight excluding hydrogens is 188 g/mol. The van der Waals surface area contributed by atoms with Crippen molar-refractivity contribution in [2.45, 2.75) is 27.7 Å². The van der Waals surface area contributed by atoms with Gasteiger partial charge in [0, 0.05) is 0 Å². The molecule has 0 saturated heterocycles. The molecule has 0 radical (unpaired) electrons. The Morgan fingerprint density at radius 1 is 1.38 bits per heavy atom. The third-order valence-corrected chi connectivity index (χ3v) is 2.69. The lowest BCUT2D eigenvalue weighted by atomic mass is 10.1. The summed E-state index contributed by atoms with van der Waals surface area (Å²) in [5.74, 6) is -0.602. The first-order valence-corrected chi connectivity index (χ1v) is 4.25. The Balaban J connectivity index is 0.00000144. The fourth-order valence-electron chi connectivity index (χ4n) is 1.82. The van der Waals surface area contributed by atoms with E-state index < -0.39 is 5.97 Å². The van der Waals surface area contributed by atoms with Gasteiger partial charge in [-0.25, -0.2) is 0 Å². The standard InChI is InChI=1S/C10H16O2.ClH/c1-6(2)5-7-8(9(11)12)10(7,3)4;/h5,7-8H,1-4H3,(H,11,12);1H/t7-,8-;/m1./s1. The molecule has 0 amide bonds. The van der Waals surface area contributed by atoms with Crippen LogP contribution in [0.15, 0.2) is 11.6 Å². The predicted octanol–water partition coefficient (Wildman–Crippen LogP) is 2.73. The Hall–Kier alpha value is -0.500. The molecule has 1 aliphatic carbocycles. The monoisotopic (exact) mass is 204 g/mol. The minimum atomic E-state index is -0.664. The van der Waals surface area contributed by atoms with E-state index in [0.29, 0.717) is 0 Å². The van der Waals surface area contributed by atoms with Crippen LogP contribution < -0.4 is 0 Å². The largest absolute Gasteiger partial charge is 0.481 e. The molecule has 1 N–H and O–H groups in total. The summed E-state index contributed by atoms with van der Waals surface area (Å²) in [6.07, 6.45) is 2.07. The van der Waals surface area contributed by atoms with Gasteiger partial charge >= 0.3 is 5.97 Å². The zero-order valence-electron chi connectivity index (χ0n) is 8.50. The Morgan fingerprint density at radius 2 is 1.85 bits per heavy atom. The van der Waals surface area contributed by atoms with Crippen LogP contribution in [0.25, 0.3) is 0 Å². The first kappa shape index (κ1) is 12.5. The van der Waals surface area contributed by atoms with Gasteiger partial charge in [-0.2, -0.15) is 0 Å². The second kappa shape index (κ2) is 3.70. The molecule has 0 bridgehead atoms. The SMILES string of the molecule is CC(C)=C[C@@H]1[C@H](C(=O)O)C1(C)C.Cl. The second-order valence-electron chi connectivity index (χ2n) is 4.41. The Kier molecular flexibility index (Phi) is 3.56. The van der Waals surface area contributed by atoms with E-state index in [4.69, 9.17) is 5.11 Å². The smallest absolute Gasteiger partial charge is 0.307 e. The van der Waals surface area contributed by atoms with Gasteiger partial charge in [-0.3, -0.25) is 4.79 Å². The topological polar surface area (TPSA) is 37.3 Å². The fourth-order valence-corrected chi connectivity index (χ4v) is 1.82. The molecule has 76 valence electrons. The van der Waals surface area contributed by atoms with Crippen molar-refractivity contribution in [3.05, 3.63) is 11.6 Å². The number of carboxylic acids is 1. The van der Waals surface area contributed by atoms with Crippen LogP contribution in [-0.4, -0.2) is 11.1 Å². The van der Waals surface area contributed by atoms with E-state index in [2.05, 4.69) is 6.08 Å². The van der Waals surface area contributed by atoms with Crippen molar-refractivity contribution in [1.29, 1.82) is 0 Å². The van der Waals surface area contributed by atoms with Gasteiger partial charge in [0.1, 0.15) is 0 Å². The van der Waals surface area contributed by atoms with E-state index in [1.54, 1.807) is 0 Å². The van der Waals surface area contributed by atoms with Crippen LogP contribution in [0.1, 0.15) is 27.7 Å². The number of carbonyl (C=O) groups is 1. The summed E-state index contributed by atoms with van der Waals surface area (Å²) >= 11 is 0. The number of allylic oxidation sites excluding steroid dienone is 2. The maximum absolute atomic E-state index is 10.7. The molecule has 1 saturated carbocycles. The van der Waals surface area contributed by atoms with Crippen molar-refractivity contribution >= 4 is 18.4 Å². The van der Waals surface area contributed by atoms with Crippen molar-refractivity contribution in [1.82, 2.24) is 0 Å². The highest BCUT2D eigenvalue weighted by atomic mass is 35.5. The molecule has 0 aliphatic heterocycles. The molecule has 0 unspecified atom stereocenters. The number of halogens is 1. The minimum Gasteiger partial charge on any atom is -0.481 e. The highest BCUT2D eigenvalue weighted by Crippen LogP contribution is 2.59. The molecule has 0 heterocycles. The Morgan fingerprint density at radius 3 is 2.08 bits per heavy atom. The number of hydrogen-bond donors (Lipinski definition) is 1. The fraction of sp³-hybridized carbons (Fsp3) is 0.700. The molecule has 1 rings (SSSR count). The third-order valence-electron chi connectivity index (χ3n) is 2.69. The Labute approximate surface area is 85.4 Å². The molecule has 1 aliphatic rings. The van der Waals surface area contributed by atoms with E-state index in [0.717, 1.165) is 0 Å². The molecular formula is C10H17ClO2. The van der Waals surface area contributed by atoms with Gasteiger partial charge in [-0.05, 0) is 25.2 Å². The van der Waals surface area contributed by atoms with Crippen LogP contribution in [0.2, 0.25) is 0 Å². The van der Waals surface area contributed by atoms with Crippen molar-refractivity contribution in [2.75, 3.05) is 0 Å². The summed E-state index contributed by atoms with van der Waals surface area (Å²) in [7, 11) is 0. The van der Waals surface area contributed by atoms with Gasteiger partial charge in [-0.15, -0.1) is 12.4 Å². The van der Waals surface area contributed by atoms with Crippen molar-refractivity contribution < 1.29 is 9.90 Å². The lowest BCUT2D eigenvalue weighted by Crippen LogP contribution is -2.02. The molecule has 2 atom stereocenters. The molecule has 0 aromatic rings. The maximum Gasteiger partial charge on any atom is 0.307 e. The normalized spacial score (nSPS) is 28.6. The summed E-state index contributed by atoms with van der Waals surface area (Å²) in [6, 6.07) is 0. The first-order chi connectivity index (χ1) is 5.37. The molecule has 2 nitrogen and oxygen atoms in total. The number of aliphatic carboxylic acids is 1. The number of hydrogen-bond acceptors (Lipinski definition) is 1. The van der Waals surface area contributed by atoms with Crippen molar-refractivity contribution in [2.24, 2.45) is 17.3 Å². The summed E-state index contributed by atoms with van der Waals surface area (Å²) in [5.41, 5.74) is 1.17. The van der Waals surface area contributed by atoms with Gasteiger partial charge in [0.2, 0.25) is 0 Å². The molecule has 13 heavy (non-hydrogen) atoms. The number of rotatable bonds is 2. The lowest BCUT2D eigenvalue weighted by Gasteiger charge is -1.96. The number of carboxylic acid groups (broad SMARTS) is 1. The van der Waals surface area contributed by atoms with E-state index >= 15 is 0 Å². The van der Waals surface area contributed by atoms with E-state index in [1.165, 1.54) is 5.57 Å². The first-order valence-electron chi connectivity index (χ1n) is 4.25. The van der Waals surface area contributed by atoms with E-state index in [-0.39, 0.29) is 29.7 Å². The zero-order chi connectivity index (χ0) is 9.52. The van der Waals surface area contributed by atoms with Crippen molar-refractivity contribution in [3.8, 4) is 0 Å². The maximum atomic E-state index is 10.7. The summed E-state index contributed by atoms with van der Waals surface area (Å²) < 4.78 is 0. The van der Waals surface area contributed by atoms with Crippen LogP contribution in [0, 0.1) is 17.3 Å². The molecule has 0 aromatic heterocycles. The zero-order valence-corrected chi connectivity index (χ0v) is 9.31. The van der Waals surface area contributed by atoms with Gasteiger partial charge in [0.15, 0.2) is 0 Å². The van der Waals surface area contributed by atoms with Crippen LogP contribution >= 0.6 is 12.4 Å². The van der Waals surface area contributed by atoms with Crippen LogP contribution in [0.4, 0.5) is 0 Å². The highest BCUT2D eigenvalue weighted by molar-refractivity contribution is 5.85. The van der Waals surface area contributed by atoms with Gasteiger partial charge < -0.3 is 5.11 Å². The molecule has 1 fully saturated rings. The average molecular weight is 205 g/mol. The van der Waals surface area contributed by atoms with E-state index in [1.807, 2.05) is 27.7 Å². The van der Waals surface area contributed by atoms with Crippen LogP contribution in [0.3, 0.4) is 0 Å². The van der Waals surface area contributed by atoms with Crippen molar-refractivity contribution in [3.63, 3.8) is 0 Å². The Bertz CT molecular complexity index is 239. The summed E-state index contributed by atoms with van der Waals surface area (Å²) in [5, 5.41) is 8.84. The van der Waals surface area contributed by atoms with Gasteiger partial charge in [0.25, 0.3) is 0 Å². The predicted molar refractivity (Wildman–Crippen MR) is 55.1 cm³/mol. The average Bonchev–Trinajstić information content (AvgIpc) is 2.32. The molecule has 3 heteroatoms. The van der Waals surface area contributed by atoms with E-state index in [9.17, 15) is 4.79 Å². The van der Waals surface area contributed by atoms with Crippen LogP contribution in [0.5, 0.6) is 0 Å². The molecule has 0 aromatic carbocycles. The second-order valence-corrected chi connectivity index (χ2v) is 4.41.